The summed E-state index contributed by atoms with van der Waals surface area (Å²) in [5.41, 5.74) is -0.644. The lowest BCUT2D eigenvalue weighted by Crippen LogP contribution is -2.45. The zero-order valence-corrected chi connectivity index (χ0v) is 11.7. The molecular formula is C13H18FNO2S. The molecule has 5 heteroatoms. The first-order chi connectivity index (χ1) is 8.21. The summed E-state index contributed by atoms with van der Waals surface area (Å²) in [6.07, 6.45) is 1.49. The second-order valence-electron chi connectivity index (χ2n) is 4.93. The van der Waals surface area contributed by atoms with Gasteiger partial charge in [-0.25, -0.2) is 12.8 Å². The lowest BCUT2D eigenvalue weighted by atomic mass is 10.1. The molecule has 0 fully saturated rings. The zero-order chi connectivity index (χ0) is 14.0. The minimum atomic E-state index is -3.86. The van der Waals surface area contributed by atoms with E-state index in [9.17, 15) is 12.8 Å². The first-order valence-corrected chi connectivity index (χ1v) is 7.03. The third kappa shape index (κ3) is 2.97. The normalized spacial score (nSPS) is 12.7. The summed E-state index contributed by atoms with van der Waals surface area (Å²) in [4.78, 5) is -0.304. The predicted octanol–water partition coefficient (Wildman–Crippen LogP) is 2.80. The van der Waals surface area contributed by atoms with Crippen molar-refractivity contribution in [2.75, 3.05) is 6.54 Å². The summed E-state index contributed by atoms with van der Waals surface area (Å²) < 4.78 is 39.7. The van der Waals surface area contributed by atoms with Gasteiger partial charge in [-0.05, 0) is 32.9 Å². The van der Waals surface area contributed by atoms with Gasteiger partial charge in [-0.15, -0.1) is 6.58 Å². The first kappa shape index (κ1) is 14.9. The number of halogens is 1. The van der Waals surface area contributed by atoms with Crippen molar-refractivity contribution in [2.24, 2.45) is 0 Å². The maximum atomic E-state index is 13.6. The highest BCUT2D eigenvalue weighted by Gasteiger charge is 2.34. The van der Waals surface area contributed by atoms with E-state index in [-0.39, 0.29) is 11.4 Å². The van der Waals surface area contributed by atoms with E-state index in [1.807, 2.05) is 0 Å². The molecule has 0 saturated heterocycles. The van der Waals surface area contributed by atoms with E-state index < -0.39 is 21.4 Å². The lowest BCUT2D eigenvalue weighted by molar-refractivity contribution is 0.269. The Hall–Kier alpha value is -1.20. The monoisotopic (exact) mass is 271 g/mol. The van der Waals surface area contributed by atoms with Gasteiger partial charge in [0, 0.05) is 12.1 Å². The van der Waals surface area contributed by atoms with E-state index in [0.717, 1.165) is 6.07 Å². The Kier molecular flexibility index (Phi) is 4.29. The molecule has 0 bridgehead atoms. The number of hydrogen-bond acceptors (Lipinski definition) is 2. The Morgan fingerprint density at radius 3 is 2.33 bits per heavy atom. The van der Waals surface area contributed by atoms with Crippen LogP contribution in [0.5, 0.6) is 0 Å². The van der Waals surface area contributed by atoms with Gasteiger partial charge in [0.1, 0.15) is 10.7 Å². The van der Waals surface area contributed by atoms with Crippen LogP contribution in [0.2, 0.25) is 0 Å². The molecule has 0 spiro atoms. The maximum absolute atomic E-state index is 13.6. The van der Waals surface area contributed by atoms with Gasteiger partial charge in [0.2, 0.25) is 10.0 Å². The van der Waals surface area contributed by atoms with E-state index in [2.05, 4.69) is 6.58 Å². The van der Waals surface area contributed by atoms with Crippen LogP contribution in [0.4, 0.5) is 4.39 Å². The molecule has 100 valence electrons. The van der Waals surface area contributed by atoms with Crippen molar-refractivity contribution in [3.8, 4) is 0 Å². The molecule has 0 saturated carbocycles. The molecule has 0 amide bonds. The average molecular weight is 271 g/mol. The third-order valence-corrected chi connectivity index (χ3v) is 4.61. The van der Waals surface area contributed by atoms with Crippen molar-refractivity contribution in [2.45, 2.75) is 31.2 Å². The first-order valence-electron chi connectivity index (χ1n) is 5.59. The molecule has 3 nitrogen and oxygen atoms in total. The topological polar surface area (TPSA) is 37.4 Å². The van der Waals surface area contributed by atoms with Gasteiger partial charge in [-0.2, -0.15) is 4.31 Å². The molecule has 0 N–H and O–H groups in total. The predicted molar refractivity (Wildman–Crippen MR) is 70.2 cm³/mol. The fourth-order valence-electron chi connectivity index (χ4n) is 1.62. The van der Waals surface area contributed by atoms with Gasteiger partial charge in [-0.1, -0.05) is 18.2 Å². The molecule has 0 atom stereocenters. The van der Waals surface area contributed by atoms with Crippen molar-refractivity contribution < 1.29 is 12.8 Å². The Labute approximate surface area is 108 Å². The summed E-state index contributed by atoms with van der Waals surface area (Å²) >= 11 is 0. The van der Waals surface area contributed by atoms with E-state index in [4.69, 9.17) is 0 Å². The standard InChI is InChI=1S/C13H18FNO2S/c1-5-10-15(13(2,3)4)18(16,17)12-9-7-6-8-11(12)14/h5-9H,1,10H2,2-4H3. The fourth-order valence-corrected chi connectivity index (χ4v) is 3.45. The summed E-state index contributed by atoms with van der Waals surface area (Å²) in [5.74, 6) is -0.740. The van der Waals surface area contributed by atoms with Crippen LogP contribution in [-0.2, 0) is 10.0 Å². The van der Waals surface area contributed by atoms with Crippen molar-refractivity contribution in [3.05, 3.63) is 42.7 Å². The smallest absolute Gasteiger partial charge is 0.207 e. The molecule has 0 aromatic heterocycles. The molecule has 0 unspecified atom stereocenters. The number of sulfonamides is 1. The van der Waals surface area contributed by atoms with E-state index in [0.29, 0.717) is 0 Å². The third-order valence-electron chi connectivity index (χ3n) is 2.45. The fraction of sp³-hybridized carbons (Fsp3) is 0.385. The van der Waals surface area contributed by atoms with E-state index >= 15 is 0 Å². The highest BCUT2D eigenvalue weighted by atomic mass is 32.2. The quantitative estimate of drug-likeness (QED) is 0.790. The molecule has 1 aromatic carbocycles. The highest BCUT2D eigenvalue weighted by Crippen LogP contribution is 2.25. The number of rotatable bonds is 4. The number of nitrogens with zero attached hydrogens (tertiary/aromatic N) is 1. The second kappa shape index (κ2) is 5.20. The van der Waals surface area contributed by atoms with Gasteiger partial charge in [0.05, 0.1) is 0 Å². The molecule has 1 aromatic rings. The van der Waals surface area contributed by atoms with Crippen LogP contribution >= 0.6 is 0 Å². The van der Waals surface area contributed by atoms with Crippen LogP contribution in [-0.4, -0.2) is 24.8 Å². The Balaban J connectivity index is 3.35. The van der Waals surface area contributed by atoms with Crippen molar-refractivity contribution in [3.63, 3.8) is 0 Å². The van der Waals surface area contributed by atoms with Gasteiger partial charge in [0.25, 0.3) is 0 Å². The minimum Gasteiger partial charge on any atom is -0.207 e. The second-order valence-corrected chi connectivity index (χ2v) is 6.76. The van der Waals surface area contributed by atoms with Crippen LogP contribution < -0.4 is 0 Å². The number of hydrogen-bond donors (Lipinski definition) is 0. The molecule has 0 aliphatic carbocycles. The largest absolute Gasteiger partial charge is 0.246 e. The molecule has 1 rings (SSSR count). The molecule has 0 heterocycles. The highest BCUT2D eigenvalue weighted by molar-refractivity contribution is 7.89. The molecule has 0 aliphatic rings. The van der Waals surface area contributed by atoms with Crippen molar-refractivity contribution in [1.82, 2.24) is 4.31 Å². The molecule has 0 aliphatic heterocycles. The number of benzene rings is 1. The Morgan fingerprint density at radius 2 is 1.89 bits per heavy atom. The van der Waals surface area contributed by atoms with E-state index in [1.54, 1.807) is 20.8 Å². The van der Waals surface area contributed by atoms with Crippen molar-refractivity contribution >= 4 is 10.0 Å². The Morgan fingerprint density at radius 1 is 1.33 bits per heavy atom. The SMILES string of the molecule is C=CCN(C(C)(C)C)S(=O)(=O)c1ccccc1F. The lowest BCUT2D eigenvalue weighted by Gasteiger charge is -2.33. The summed E-state index contributed by atoms with van der Waals surface area (Å²) in [5, 5.41) is 0. The van der Waals surface area contributed by atoms with Crippen LogP contribution in [0.3, 0.4) is 0 Å². The van der Waals surface area contributed by atoms with Gasteiger partial charge in [-0.3, -0.25) is 0 Å². The molecule has 18 heavy (non-hydrogen) atoms. The Bertz CT molecular complexity index is 532. The van der Waals surface area contributed by atoms with Crippen molar-refractivity contribution in [1.29, 1.82) is 0 Å². The zero-order valence-electron chi connectivity index (χ0n) is 10.9. The van der Waals surface area contributed by atoms with Crippen LogP contribution in [0.25, 0.3) is 0 Å². The molecule has 0 radical (unpaired) electrons. The molecular weight excluding hydrogens is 253 g/mol. The summed E-state index contributed by atoms with van der Waals surface area (Å²) in [6.45, 7) is 8.96. The van der Waals surface area contributed by atoms with Gasteiger partial charge in [0.15, 0.2) is 0 Å². The average Bonchev–Trinajstić information content (AvgIpc) is 2.24. The van der Waals surface area contributed by atoms with Crippen LogP contribution in [0, 0.1) is 5.82 Å². The van der Waals surface area contributed by atoms with Gasteiger partial charge < -0.3 is 0 Å². The van der Waals surface area contributed by atoms with Crippen LogP contribution in [0.1, 0.15) is 20.8 Å². The minimum absolute atomic E-state index is 0.139. The van der Waals surface area contributed by atoms with Gasteiger partial charge >= 0.3 is 0 Å². The maximum Gasteiger partial charge on any atom is 0.246 e. The van der Waals surface area contributed by atoms with Crippen LogP contribution in [0.15, 0.2) is 41.8 Å². The van der Waals surface area contributed by atoms with E-state index in [1.165, 1.54) is 28.6 Å². The summed E-state index contributed by atoms with van der Waals surface area (Å²) in [7, 11) is -3.86. The summed E-state index contributed by atoms with van der Waals surface area (Å²) in [6, 6.07) is 5.38.